The van der Waals surface area contributed by atoms with E-state index in [2.05, 4.69) is 41.2 Å². The number of nitrogens with one attached hydrogen (secondary N) is 4. The van der Waals surface area contributed by atoms with E-state index in [4.69, 9.17) is 35.3 Å². The van der Waals surface area contributed by atoms with Crippen molar-refractivity contribution < 1.29 is 33.4 Å². The Hall–Kier alpha value is -10.4. The smallest absolute Gasteiger partial charge is 0.264 e. The van der Waals surface area contributed by atoms with Crippen molar-refractivity contribution in [3.8, 4) is 42.0 Å². The van der Waals surface area contributed by atoms with Gasteiger partial charge in [-0.15, -0.1) is 20.0 Å². The van der Waals surface area contributed by atoms with Crippen LogP contribution >= 0.6 is 47.0 Å². The second-order valence-electron chi connectivity index (χ2n) is 16.6. The van der Waals surface area contributed by atoms with E-state index in [0.717, 1.165) is 83.8 Å². The van der Waals surface area contributed by atoms with E-state index < -0.39 is 0 Å². The molecule has 4 amide bonds. The maximum atomic E-state index is 11.8. The molecule has 19 nitrogen and oxygen atoms in total. The molecule has 0 aliphatic carbocycles. The van der Waals surface area contributed by atoms with E-state index in [1.165, 1.54) is 23.5 Å². The van der Waals surface area contributed by atoms with Crippen molar-refractivity contribution >= 4 is 148 Å². The van der Waals surface area contributed by atoms with Crippen LogP contribution in [-0.2, 0) is 19.2 Å². The van der Waals surface area contributed by atoms with Crippen LogP contribution in [0.2, 0.25) is 0 Å². The first-order valence-corrected chi connectivity index (χ1v) is 26.9. The third kappa shape index (κ3) is 14.2. The Kier molecular flexibility index (Phi) is 18.0. The highest BCUT2D eigenvalue weighted by atomic mass is 32.2. The molecule has 4 fully saturated rings. The number of hydrogen-bond donors (Lipinski definition) is 4. The molecule has 4 N–H and O–H groups in total. The highest BCUT2D eigenvalue weighted by Gasteiger charge is 2.27. The molecule has 5 heterocycles. The number of thioether (sulfide) groups is 4. The Morgan fingerprint density at radius 3 is 1.40 bits per heavy atom. The molecule has 0 aromatic heterocycles. The number of methoxy groups -OCH3 is 1. The monoisotopic (exact) mass is 1140 g/mol. The van der Waals surface area contributed by atoms with Crippen LogP contribution in [-0.4, -0.2) is 58.2 Å². The van der Waals surface area contributed by atoms with E-state index >= 15 is 0 Å². The fraction of sp³-hybridized carbons (Fsp3) is 0.0345. The largest absolute Gasteiger partial charge is 0.497 e. The van der Waals surface area contributed by atoms with Gasteiger partial charge in [-0.1, -0.05) is 103 Å². The van der Waals surface area contributed by atoms with Gasteiger partial charge in [-0.25, -0.2) is 0 Å². The van der Waals surface area contributed by atoms with Gasteiger partial charge in [-0.05, 0) is 162 Å². The van der Waals surface area contributed by atoms with Crippen molar-refractivity contribution in [2.45, 2.75) is 0 Å². The predicted molar refractivity (Wildman–Crippen MR) is 318 cm³/mol. The zero-order chi connectivity index (χ0) is 56.7. The maximum absolute atomic E-state index is 11.8. The van der Waals surface area contributed by atoms with Crippen LogP contribution < -0.4 is 35.5 Å². The summed E-state index contributed by atoms with van der Waals surface area (Å²) in [4.78, 5) is 63.2. The number of carbonyl (C=O) groups is 4. The van der Waals surface area contributed by atoms with Crippen molar-refractivity contribution in [3.05, 3.63) is 181 Å². The zero-order valence-electron chi connectivity index (χ0n) is 41.9. The molecule has 0 atom stereocenters. The summed E-state index contributed by atoms with van der Waals surface area (Å²) in [7, 11) is 1.63. The summed E-state index contributed by atoms with van der Waals surface area (Å²) >= 11 is 4.63. The summed E-state index contributed by atoms with van der Waals surface area (Å²) in [5.41, 5.74) is 3.63. The second-order valence-corrected chi connectivity index (χ2v) is 20.7. The van der Waals surface area contributed by atoms with Crippen molar-refractivity contribution in [2.75, 3.05) is 13.9 Å². The van der Waals surface area contributed by atoms with Crippen molar-refractivity contribution in [1.82, 2.24) is 21.3 Å². The number of hydrogen-bond acceptors (Lipinski definition) is 19. The zero-order valence-corrected chi connectivity index (χ0v) is 45.1. The van der Waals surface area contributed by atoms with Gasteiger partial charge in [0.05, 0.1) is 26.7 Å². The molecular formula is C58H36N12O7S4. The molecule has 0 spiro atoms. The molecule has 81 heavy (non-hydrogen) atoms. The standard InChI is InChI=1S/C16H11N3O2S.2C15H9N3OS.C12H7N3O3S/c1-21-13-5-4-11-3-2-10(6-12(11)8-13)7-14-15(20)19-16(22-14)18-9-17;16-9-17-15-18-14(19)13(20-15)8-11-6-3-5-10-4-1-2-7-12(10)11;16-9-17-15-18-14(19)13(20-15)8-10-5-6-11-3-1-2-4-12(11)7-10;13-5-14-12-15-11(16)10(19-12)4-7-1-2-8-9(3-7)18-6-17-8/h2-8H,1H3,(H,18,19,20);2*1-8H,(H,17,18,19);1-4H,6H2,(H,14,15,16)/b14-7-;2*13-8-;10-4-. The Morgan fingerprint density at radius 1 is 0.444 bits per heavy atom. The lowest BCUT2D eigenvalue weighted by Gasteiger charge is -2.03. The minimum atomic E-state index is -0.267. The number of benzene rings is 7. The van der Waals surface area contributed by atoms with Gasteiger partial charge in [0.1, 0.15) is 5.75 Å². The number of amides is 4. The number of nitrogens with zero attached hydrogens (tertiary/aromatic N) is 8. The molecule has 0 unspecified atom stereocenters. The van der Waals surface area contributed by atoms with Crippen LogP contribution in [0.5, 0.6) is 17.2 Å². The van der Waals surface area contributed by atoms with Gasteiger partial charge in [0, 0.05) is 0 Å². The number of aliphatic imine (C=N–C) groups is 4. The van der Waals surface area contributed by atoms with Gasteiger partial charge in [0.25, 0.3) is 23.6 Å². The summed E-state index contributed by atoms with van der Waals surface area (Å²) in [5, 5.41) is 52.0. The molecule has 5 aliphatic rings. The average molecular weight is 1140 g/mol. The minimum absolute atomic E-state index is 0.212. The highest BCUT2D eigenvalue weighted by Crippen LogP contribution is 2.35. The Labute approximate surface area is 478 Å². The van der Waals surface area contributed by atoms with E-state index in [0.29, 0.717) is 51.8 Å². The number of rotatable bonds is 5. The number of amidine groups is 4. The van der Waals surface area contributed by atoms with Crippen LogP contribution in [0.25, 0.3) is 56.6 Å². The molecular weight excluding hydrogens is 1100 g/mol. The summed E-state index contributed by atoms with van der Waals surface area (Å²) in [6, 6.07) is 45.1. The van der Waals surface area contributed by atoms with Gasteiger partial charge in [0.2, 0.25) is 31.6 Å². The molecule has 7 aromatic rings. The Morgan fingerprint density at radius 2 is 0.864 bits per heavy atom. The third-order valence-corrected chi connectivity index (χ3v) is 15.1. The number of ether oxygens (including phenoxy) is 3. The topological polar surface area (TPSA) is 289 Å². The number of nitriles is 4. The predicted octanol–water partition coefficient (Wildman–Crippen LogP) is 10.1. The average Bonchev–Trinajstić information content (AvgIpc) is 4.38. The SMILES string of the molecule is COc1ccc2ccc(/C=C3\SC(=NC#N)NC3=O)cc2c1.N#CN=C1NC(=O)/C(=C/c2ccc3c(c2)OCO3)S1.N#CN=C1NC(=O)/C(=C/c2ccc3ccccc3c2)S1.N#CN=C1NC(=O)/C(=C/c2cccc3ccccc23)S1. The fourth-order valence-electron chi connectivity index (χ4n) is 7.84. The summed E-state index contributed by atoms with van der Waals surface area (Å²) in [5.74, 6) is 1.17. The molecule has 5 aliphatic heterocycles. The molecule has 7 aromatic carbocycles. The highest BCUT2D eigenvalue weighted by molar-refractivity contribution is 8.19. The first kappa shape index (κ1) is 55.4. The minimum Gasteiger partial charge on any atom is -0.497 e. The van der Waals surface area contributed by atoms with Crippen LogP contribution in [0.15, 0.2) is 179 Å². The lowest BCUT2D eigenvalue weighted by molar-refractivity contribution is -0.116. The fourth-order valence-corrected chi connectivity index (χ4v) is 10.9. The number of fused-ring (bicyclic) bond motifs is 4. The normalized spacial score (nSPS) is 18.8. The first-order chi connectivity index (χ1) is 39.5. The van der Waals surface area contributed by atoms with Crippen LogP contribution in [0.4, 0.5) is 0 Å². The molecule has 0 saturated carbocycles. The Bertz CT molecular complexity index is 4190. The lowest BCUT2D eigenvalue weighted by atomic mass is 10.0. The molecule has 394 valence electrons. The third-order valence-electron chi connectivity index (χ3n) is 11.5. The van der Waals surface area contributed by atoms with Gasteiger partial charge in [-0.2, -0.15) is 21.0 Å². The van der Waals surface area contributed by atoms with Crippen molar-refractivity contribution in [1.29, 1.82) is 21.0 Å². The first-order valence-electron chi connectivity index (χ1n) is 23.6. The van der Waals surface area contributed by atoms with Crippen LogP contribution in [0, 0.1) is 45.8 Å². The second kappa shape index (κ2) is 26.3. The molecule has 0 bridgehead atoms. The molecule has 4 saturated heterocycles. The van der Waals surface area contributed by atoms with Gasteiger partial charge < -0.3 is 14.2 Å². The van der Waals surface area contributed by atoms with E-state index in [1.54, 1.807) is 62.2 Å². The quantitative estimate of drug-likeness (QED) is 0.0921. The van der Waals surface area contributed by atoms with E-state index in [1.807, 2.05) is 133 Å². The Balaban J connectivity index is 0.000000131. The molecule has 0 radical (unpaired) electrons. The molecule has 12 rings (SSSR count). The van der Waals surface area contributed by atoms with Gasteiger partial charge in [0.15, 0.2) is 32.2 Å². The summed E-state index contributed by atoms with van der Waals surface area (Å²) in [6.45, 7) is 0.212. The van der Waals surface area contributed by atoms with Crippen molar-refractivity contribution in [3.63, 3.8) is 0 Å². The van der Waals surface area contributed by atoms with E-state index in [-0.39, 0.29) is 30.4 Å². The molecule has 23 heteroatoms. The summed E-state index contributed by atoms with van der Waals surface area (Å²) < 4.78 is 15.7. The van der Waals surface area contributed by atoms with Gasteiger partial charge in [-0.3, -0.25) is 40.4 Å². The lowest BCUT2D eigenvalue weighted by Crippen LogP contribution is -2.19. The van der Waals surface area contributed by atoms with Crippen LogP contribution in [0.1, 0.15) is 22.3 Å². The van der Waals surface area contributed by atoms with Crippen molar-refractivity contribution in [2.24, 2.45) is 20.0 Å². The summed E-state index contributed by atoms with van der Waals surface area (Å²) in [6.07, 6.45) is 13.7. The van der Waals surface area contributed by atoms with Crippen LogP contribution in [0.3, 0.4) is 0 Å². The number of carbonyl (C=O) groups excluding carboxylic acids is 4. The van der Waals surface area contributed by atoms with Gasteiger partial charge >= 0.3 is 0 Å². The van der Waals surface area contributed by atoms with E-state index in [9.17, 15) is 19.2 Å². The maximum Gasteiger partial charge on any atom is 0.264 e.